The number of benzene rings is 2. The number of carbonyl (C=O) groups excluding carboxylic acids is 1. The Bertz CT molecular complexity index is 950. The fraction of sp³-hybridized carbons (Fsp3) is 0.409. The maximum absolute atomic E-state index is 12.8. The molecule has 0 aliphatic rings. The molecule has 2 rings (SSSR count). The molecule has 158 valence electrons. The van der Waals surface area contributed by atoms with E-state index in [0.29, 0.717) is 5.69 Å². The number of nitrogens with zero attached hydrogens (tertiary/aromatic N) is 1. The summed E-state index contributed by atoms with van der Waals surface area (Å²) in [6, 6.07) is 12.1. The lowest BCUT2D eigenvalue weighted by molar-refractivity contribution is -0.122. The predicted molar refractivity (Wildman–Crippen MR) is 117 cm³/mol. The van der Waals surface area contributed by atoms with Crippen molar-refractivity contribution in [3.05, 3.63) is 59.2 Å². The molecule has 0 heterocycles. The van der Waals surface area contributed by atoms with Gasteiger partial charge in [0.1, 0.15) is 11.8 Å². The summed E-state index contributed by atoms with van der Waals surface area (Å²) < 4.78 is 31.7. The van der Waals surface area contributed by atoms with Crippen molar-refractivity contribution in [3.8, 4) is 5.75 Å². The van der Waals surface area contributed by atoms with Gasteiger partial charge < -0.3 is 10.1 Å². The molecule has 0 saturated carbocycles. The van der Waals surface area contributed by atoms with Crippen molar-refractivity contribution in [2.75, 3.05) is 10.6 Å². The highest BCUT2D eigenvalue weighted by Gasteiger charge is 2.29. The molecule has 0 unspecified atom stereocenters. The molecule has 0 saturated heterocycles. The second-order valence-electron chi connectivity index (χ2n) is 7.61. The zero-order valence-corrected chi connectivity index (χ0v) is 18.7. The Morgan fingerprint density at radius 1 is 1.07 bits per heavy atom. The second-order valence-corrected chi connectivity index (χ2v) is 9.47. The molecule has 1 amide bonds. The van der Waals surface area contributed by atoms with Crippen LogP contribution in [0.3, 0.4) is 0 Å². The second kappa shape index (κ2) is 9.31. The SMILES string of the molecule is Cc1cc(C)cc(N([C@H](C)C(=O)NCc2cccc(OC(C)C)c2)S(C)(=O)=O)c1. The highest BCUT2D eigenvalue weighted by atomic mass is 32.2. The summed E-state index contributed by atoms with van der Waals surface area (Å²) in [5.74, 6) is 0.359. The number of carbonyl (C=O) groups is 1. The largest absolute Gasteiger partial charge is 0.491 e. The van der Waals surface area contributed by atoms with E-state index in [0.717, 1.165) is 28.7 Å². The lowest BCUT2D eigenvalue weighted by Gasteiger charge is -2.28. The molecular weight excluding hydrogens is 388 g/mol. The van der Waals surface area contributed by atoms with Gasteiger partial charge in [-0.3, -0.25) is 9.10 Å². The molecule has 0 aromatic heterocycles. The van der Waals surface area contributed by atoms with Crippen LogP contribution in [-0.4, -0.2) is 32.7 Å². The van der Waals surface area contributed by atoms with E-state index >= 15 is 0 Å². The summed E-state index contributed by atoms with van der Waals surface area (Å²) in [5.41, 5.74) is 3.23. The van der Waals surface area contributed by atoms with Crippen LogP contribution in [0.25, 0.3) is 0 Å². The third-order valence-electron chi connectivity index (χ3n) is 4.29. The van der Waals surface area contributed by atoms with Crippen molar-refractivity contribution in [2.24, 2.45) is 0 Å². The first-order chi connectivity index (χ1) is 13.5. The highest BCUT2D eigenvalue weighted by molar-refractivity contribution is 7.92. The fourth-order valence-electron chi connectivity index (χ4n) is 3.22. The summed E-state index contributed by atoms with van der Waals surface area (Å²) in [6.45, 7) is 9.56. The van der Waals surface area contributed by atoms with E-state index in [1.54, 1.807) is 19.1 Å². The number of hydrogen-bond acceptors (Lipinski definition) is 4. The van der Waals surface area contributed by atoms with Gasteiger partial charge in [-0.1, -0.05) is 18.2 Å². The molecule has 6 nitrogen and oxygen atoms in total. The van der Waals surface area contributed by atoms with Gasteiger partial charge in [0.15, 0.2) is 0 Å². The van der Waals surface area contributed by atoms with Gasteiger partial charge in [0.2, 0.25) is 15.9 Å². The average molecular weight is 419 g/mol. The number of nitrogens with one attached hydrogen (secondary N) is 1. The maximum atomic E-state index is 12.8. The van der Waals surface area contributed by atoms with Crippen LogP contribution in [0.4, 0.5) is 5.69 Å². The first kappa shape index (κ1) is 22.7. The zero-order valence-electron chi connectivity index (χ0n) is 17.9. The average Bonchev–Trinajstić information content (AvgIpc) is 2.57. The van der Waals surface area contributed by atoms with E-state index in [4.69, 9.17) is 4.74 Å². The van der Waals surface area contributed by atoms with E-state index < -0.39 is 16.1 Å². The molecule has 1 N–H and O–H groups in total. The van der Waals surface area contributed by atoms with E-state index in [1.165, 1.54) is 4.31 Å². The van der Waals surface area contributed by atoms with Crippen LogP contribution >= 0.6 is 0 Å². The Labute approximate surface area is 173 Å². The first-order valence-corrected chi connectivity index (χ1v) is 11.4. The number of amides is 1. The Kier molecular flexibility index (Phi) is 7.30. The van der Waals surface area contributed by atoms with Crippen LogP contribution < -0.4 is 14.4 Å². The molecule has 2 aromatic carbocycles. The van der Waals surface area contributed by atoms with Crippen LogP contribution in [0.1, 0.15) is 37.5 Å². The third-order valence-corrected chi connectivity index (χ3v) is 5.53. The number of rotatable bonds is 8. The fourth-order valence-corrected chi connectivity index (χ4v) is 4.38. The van der Waals surface area contributed by atoms with Gasteiger partial charge >= 0.3 is 0 Å². The van der Waals surface area contributed by atoms with Crippen molar-refractivity contribution >= 4 is 21.6 Å². The van der Waals surface area contributed by atoms with Gasteiger partial charge in [-0.05, 0) is 75.6 Å². The van der Waals surface area contributed by atoms with Gasteiger partial charge in [0.05, 0.1) is 18.0 Å². The Balaban J connectivity index is 2.18. The monoisotopic (exact) mass is 418 g/mol. The summed E-state index contributed by atoms with van der Waals surface area (Å²) in [5, 5.41) is 2.83. The Morgan fingerprint density at radius 3 is 2.24 bits per heavy atom. The smallest absolute Gasteiger partial charge is 0.243 e. The molecular formula is C22H30N2O4S. The Morgan fingerprint density at radius 2 is 1.69 bits per heavy atom. The number of sulfonamides is 1. The number of aryl methyl sites for hydroxylation is 2. The predicted octanol–water partition coefficient (Wildman–Crippen LogP) is 3.56. The van der Waals surface area contributed by atoms with Gasteiger partial charge in [-0.25, -0.2) is 8.42 Å². The number of ether oxygens (including phenoxy) is 1. The van der Waals surface area contributed by atoms with E-state index in [2.05, 4.69) is 5.32 Å². The molecule has 29 heavy (non-hydrogen) atoms. The summed E-state index contributed by atoms with van der Waals surface area (Å²) >= 11 is 0. The van der Waals surface area contributed by atoms with E-state index in [-0.39, 0.29) is 18.6 Å². The normalized spacial score (nSPS) is 12.5. The van der Waals surface area contributed by atoms with E-state index in [9.17, 15) is 13.2 Å². The highest BCUT2D eigenvalue weighted by Crippen LogP contribution is 2.24. The molecule has 0 radical (unpaired) electrons. The lowest BCUT2D eigenvalue weighted by atomic mass is 10.1. The molecule has 0 aliphatic heterocycles. The van der Waals surface area contributed by atoms with Crippen LogP contribution in [0.5, 0.6) is 5.75 Å². The van der Waals surface area contributed by atoms with Crippen LogP contribution in [0.2, 0.25) is 0 Å². The topological polar surface area (TPSA) is 75.7 Å². The standard InChI is InChI=1S/C22H30N2O4S/c1-15(2)28-21-9-7-8-19(13-21)14-23-22(25)18(5)24(29(6,26)27)20-11-16(3)10-17(4)12-20/h7-13,15,18H,14H2,1-6H3,(H,23,25)/t18-/m1/s1. The summed E-state index contributed by atoms with van der Waals surface area (Å²) in [6.07, 6.45) is 1.17. The molecule has 0 bridgehead atoms. The van der Waals surface area contributed by atoms with Gasteiger partial charge in [0.25, 0.3) is 0 Å². The first-order valence-electron chi connectivity index (χ1n) is 9.58. The number of hydrogen-bond donors (Lipinski definition) is 1. The molecule has 0 fully saturated rings. The minimum Gasteiger partial charge on any atom is -0.491 e. The molecule has 2 aromatic rings. The molecule has 7 heteroatoms. The quantitative estimate of drug-likeness (QED) is 0.711. The lowest BCUT2D eigenvalue weighted by Crippen LogP contribution is -2.47. The zero-order chi connectivity index (χ0) is 21.8. The van der Waals surface area contributed by atoms with Crippen molar-refractivity contribution in [1.82, 2.24) is 5.32 Å². The van der Waals surface area contributed by atoms with Crippen LogP contribution in [0.15, 0.2) is 42.5 Å². The number of anilines is 1. The minimum atomic E-state index is -3.65. The third kappa shape index (κ3) is 6.49. The molecule has 0 spiro atoms. The molecule has 1 atom stereocenters. The molecule has 0 aliphatic carbocycles. The minimum absolute atomic E-state index is 0.0565. The Hall–Kier alpha value is -2.54. The van der Waals surface area contributed by atoms with Gasteiger partial charge in [-0.2, -0.15) is 0 Å². The van der Waals surface area contributed by atoms with Crippen molar-refractivity contribution in [2.45, 2.75) is 53.3 Å². The maximum Gasteiger partial charge on any atom is 0.243 e. The van der Waals surface area contributed by atoms with Crippen LogP contribution in [-0.2, 0) is 21.4 Å². The van der Waals surface area contributed by atoms with Crippen molar-refractivity contribution in [1.29, 1.82) is 0 Å². The van der Waals surface area contributed by atoms with Gasteiger partial charge in [0, 0.05) is 6.54 Å². The summed E-state index contributed by atoms with van der Waals surface area (Å²) in [7, 11) is -3.65. The van der Waals surface area contributed by atoms with Crippen molar-refractivity contribution in [3.63, 3.8) is 0 Å². The van der Waals surface area contributed by atoms with Crippen molar-refractivity contribution < 1.29 is 17.9 Å². The summed E-state index contributed by atoms with van der Waals surface area (Å²) in [4.78, 5) is 12.8. The van der Waals surface area contributed by atoms with Crippen LogP contribution in [0, 0.1) is 13.8 Å². The van der Waals surface area contributed by atoms with E-state index in [1.807, 2.05) is 58.0 Å². The van der Waals surface area contributed by atoms with Gasteiger partial charge in [-0.15, -0.1) is 0 Å².